The van der Waals surface area contributed by atoms with Gasteiger partial charge in [0.2, 0.25) is 12.1 Å². The number of urea groups is 1. The van der Waals surface area contributed by atoms with Crippen molar-refractivity contribution < 1.29 is 9.52 Å². The van der Waals surface area contributed by atoms with Gasteiger partial charge >= 0.3 is 6.03 Å². The molecule has 0 aliphatic rings. The molecule has 0 aromatic carbocycles. The number of hydrogen-bond donors (Lipinski definition) is 1. The lowest BCUT2D eigenvalue weighted by atomic mass is 10.5. The summed E-state index contributed by atoms with van der Waals surface area (Å²) in [5, 5.41) is 11.0. The van der Waals surface area contributed by atoms with Crippen LogP contribution in [0.3, 0.4) is 0 Å². The van der Waals surface area contributed by atoms with Crippen molar-refractivity contribution >= 4 is 11.8 Å². The Morgan fingerprint density at radius 2 is 2.50 bits per heavy atom. The van der Waals surface area contributed by atoms with Crippen molar-refractivity contribution in [3.8, 4) is 0 Å². The zero-order chi connectivity index (χ0) is 9.14. The van der Waals surface area contributed by atoms with Gasteiger partial charge in [0.25, 0.3) is 0 Å². The lowest BCUT2D eigenvalue weighted by molar-refractivity contribution is -0.595. The van der Waals surface area contributed by atoms with E-state index in [-0.39, 0.29) is 5.82 Å². The van der Waals surface area contributed by atoms with Crippen LogP contribution in [0.4, 0.5) is 10.6 Å². The zero-order valence-electron chi connectivity index (χ0n) is 6.47. The molecule has 0 fully saturated rings. The van der Waals surface area contributed by atoms with Crippen LogP contribution in [0.5, 0.6) is 0 Å². The summed E-state index contributed by atoms with van der Waals surface area (Å²) in [6.07, 6.45) is 2.46. The topological polar surface area (TPSA) is 86.2 Å². The van der Waals surface area contributed by atoms with Crippen LogP contribution in [0.25, 0.3) is 0 Å². The molecule has 0 saturated carbocycles. The van der Waals surface area contributed by atoms with Crippen LogP contribution < -0.4 is 15.4 Å². The molecular formula is C6H8N4O2. The van der Waals surface area contributed by atoms with Gasteiger partial charge in [-0.15, -0.1) is 4.98 Å². The zero-order valence-corrected chi connectivity index (χ0v) is 6.47. The van der Waals surface area contributed by atoms with E-state index in [2.05, 4.69) is 4.98 Å². The number of hydrogen-bond acceptors (Lipinski definition) is 3. The highest BCUT2D eigenvalue weighted by atomic mass is 16.5. The largest absolute Gasteiger partial charge is 0.740 e. The van der Waals surface area contributed by atoms with Gasteiger partial charge in [-0.3, -0.25) is 4.73 Å². The number of rotatable bonds is 1. The summed E-state index contributed by atoms with van der Waals surface area (Å²) in [6, 6.07) is 0.711. The van der Waals surface area contributed by atoms with Crippen molar-refractivity contribution in [1.82, 2.24) is 4.98 Å². The average molecular weight is 168 g/mol. The maximum absolute atomic E-state index is 11.0. The monoisotopic (exact) mass is 168 g/mol. The molecule has 2 N–H and O–H groups in total. The van der Waals surface area contributed by atoms with E-state index in [4.69, 9.17) is 5.73 Å². The van der Waals surface area contributed by atoms with E-state index in [9.17, 15) is 10.0 Å². The maximum atomic E-state index is 11.0. The molecule has 2 amide bonds. The highest BCUT2D eigenvalue weighted by Gasteiger charge is 2.13. The number of primary amides is 1. The number of nitrogens with two attached hydrogens (primary N) is 1. The number of aromatic nitrogens is 2. The first-order chi connectivity index (χ1) is 5.63. The molecule has 1 rings (SSSR count). The van der Waals surface area contributed by atoms with E-state index < -0.39 is 6.03 Å². The van der Waals surface area contributed by atoms with Crippen LogP contribution in [-0.4, -0.2) is 18.1 Å². The van der Waals surface area contributed by atoms with Gasteiger partial charge in [-0.25, -0.2) is 9.69 Å². The molecular weight excluding hydrogens is 160 g/mol. The number of amides is 2. The first kappa shape index (κ1) is 8.25. The SMILES string of the molecule is CN(C(N)=O)c1ccnc[n+]1[O-]. The molecule has 0 aliphatic heterocycles. The number of nitrogens with zero attached hydrogens (tertiary/aromatic N) is 3. The number of carbonyl (C=O) groups is 1. The summed E-state index contributed by atoms with van der Waals surface area (Å²) in [6.45, 7) is 0. The van der Waals surface area contributed by atoms with Crippen molar-refractivity contribution in [3.63, 3.8) is 0 Å². The van der Waals surface area contributed by atoms with E-state index in [1.807, 2.05) is 0 Å². The third-order valence-electron chi connectivity index (χ3n) is 1.38. The quantitative estimate of drug-likeness (QED) is 0.441. The summed E-state index contributed by atoms with van der Waals surface area (Å²) in [7, 11) is 1.41. The molecule has 64 valence electrons. The van der Waals surface area contributed by atoms with Crippen LogP contribution in [0.15, 0.2) is 18.6 Å². The lowest BCUT2D eigenvalue weighted by Gasteiger charge is -2.13. The van der Waals surface area contributed by atoms with Gasteiger partial charge in [0.05, 0.1) is 7.05 Å². The summed E-state index contributed by atoms with van der Waals surface area (Å²) in [4.78, 5) is 15.2. The van der Waals surface area contributed by atoms with Gasteiger partial charge in [0.15, 0.2) is 0 Å². The third kappa shape index (κ3) is 1.42. The molecule has 6 heteroatoms. The maximum Gasteiger partial charge on any atom is 0.376 e. The first-order valence-corrected chi connectivity index (χ1v) is 3.19. The molecule has 1 aromatic rings. The van der Waals surface area contributed by atoms with Crippen molar-refractivity contribution in [2.24, 2.45) is 5.73 Å². The van der Waals surface area contributed by atoms with Crippen LogP contribution >= 0.6 is 0 Å². The minimum Gasteiger partial charge on any atom is -0.740 e. The molecule has 0 unspecified atom stereocenters. The van der Waals surface area contributed by atoms with Gasteiger partial charge in [0, 0.05) is 6.07 Å². The second-order valence-electron chi connectivity index (χ2n) is 2.16. The summed E-state index contributed by atoms with van der Waals surface area (Å²) in [5.41, 5.74) is 4.95. The molecule has 0 spiro atoms. The second kappa shape index (κ2) is 3.04. The highest BCUT2D eigenvalue weighted by molar-refractivity contribution is 5.88. The van der Waals surface area contributed by atoms with E-state index in [0.29, 0.717) is 4.73 Å². The minimum atomic E-state index is -0.689. The van der Waals surface area contributed by atoms with Crippen molar-refractivity contribution in [2.75, 3.05) is 11.9 Å². The Hall–Kier alpha value is -1.85. The van der Waals surface area contributed by atoms with E-state index in [1.54, 1.807) is 0 Å². The first-order valence-electron chi connectivity index (χ1n) is 3.19. The fourth-order valence-electron chi connectivity index (χ4n) is 0.714. The van der Waals surface area contributed by atoms with Gasteiger partial charge in [-0.05, 0) is 0 Å². The van der Waals surface area contributed by atoms with Crippen molar-refractivity contribution in [2.45, 2.75) is 0 Å². The van der Waals surface area contributed by atoms with Gasteiger partial charge in [-0.1, -0.05) is 0 Å². The van der Waals surface area contributed by atoms with Crippen LogP contribution in [0.2, 0.25) is 0 Å². The number of carbonyl (C=O) groups excluding carboxylic acids is 1. The predicted molar refractivity (Wildman–Crippen MR) is 41.2 cm³/mol. The predicted octanol–water partition coefficient (Wildman–Crippen LogP) is -0.770. The van der Waals surface area contributed by atoms with E-state index in [0.717, 1.165) is 11.2 Å². The lowest BCUT2D eigenvalue weighted by Crippen LogP contribution is -2.41. The Morgan fingerprint density at radius 1 is 1.83 bits per heavy atom. The Bertz CT molecular complexity index is 301. The molecule has 0 bridgehead atoms. The molecule has 1 aromatic heterocycles. The Kier molecular flexibility index (Phi) is 2.09. The molecule has 0 saturated heterocycles. The smallest absolute Gasteiger partial charge is 0.376 e. The number of anilines is 1. The Balaban J connectivity index is 3.02. The van der Waals surface area contributed by atoms with Crippen molar-refractivity contribution in [1.29, 1.82) is 0 Å². The van der Waals surface area contributed by atoms with Crippen LogP contribution in [-0.2, 0) is 0 Å². The molecule has 0 aliphatic carbocycles. The summed E-state index contributed by atoms with van der Waals surface area (Å²) < 4.78 is 0.463. The standard InChI is InChI=1S/C6H8N4O2/c1-9(6(7)11)5-2-3-8-4-10(5)12/h2-4H,1H3,(H2,7,11). The summed E-state index contributed by atoms with van der Waals surface area (Å²) >= 11 is 0. The minimum absolute atomic E-state index is 0.150. The van der Waals surface area contributed by atoms with Crippen LogP contribution in [0, 0.1) is 5.21 Å². The highest BCUT2D eigenvalue weighted by Crippen LogP contribution is 2.01. The van der Waals surface area contributed by atoms with Gasteiger partial charge in [-0.2, -0.15) is 0 Å². The molecule has 0 radical (unpaired) electrons. The Morgan fingerprint density at radius 3 is 3.00 bits per heavy atom. The molecule has 0 atom stereocenters. The molecule has 12 heavy (non-hydrogen) atoms. The second-order valence-corrected chi connectivity index (χ2v) is 2.16. The molecule has 6 nitrogen and oxygen atoms in total. The fourth-order valence-corrected chi connectivity index (χ4v) is 0.714. The van der Waals surface area contributed by atoms with E-state index in [1.165, 1.54) is 19.3 Å². The van der Waals surface area contributed by atoms with Crippen LogP contribution in [0.1, 0.15) is 0 Å². The molecule has 1 heterocycles. The van der Waals surface area contributed by atoms with E-state index >= 15 is 0 Å². The Labute approximate surface area is 68.8 Å². The normalized spacial score (nSPS) is 9.42. The average Bonchev–Trinajstić information content (AvgIpc) is 2.04. The summed E-state index contributed by atoms with van der Waals surface area (Å²) in [5.74, 6) is 0.150. The van der Waals surface area contributed by atoms with Gasteiger partial charge in [0.1, 0.15) is 6.20 Å². The fraction of sp³-hybridized carbons (Fsp3) is 0.167. The third-order valence-corrected chi connectivity index (χ3v) is 1.38. The van der Waals surface area contributed by atoms with Crippen molar-refractivity contribution in [3.05, 3.63) is 23.8 Å². The van der Waals surface area contributed by atoms with Gasteiger partial charge < -0.3 is 10.9 Å².